The van der Waals surface area contributed by atoms with Gasteiger partial charge in [0.1, 0.15) is 5.82 Å². The van der Waals surface area contributed by atoms with E-state index in [0.29, 0.717) is 5.56 Å². The number of nitrogens with two attached hydrogens (primary N) is 1. The third-order valence-corrected chi connectivity index (χ3v) is 1.82. The van der Waals surface area contributed by atoms with Gasteiger partial charge in [0.25, 0.3) is 5.91 Å². The molecule has 18 heavy (non-hydrogen) atoms. The van der Waals surface area contributed by atoms with Crippen molar-refractivity contribution in [1.82, 2.24) is 15.8 Å². The van der Waals surface area contributed by atoms with E-state index in [9.17, 15) is 9.59 Å². The van der Waals surface area contributed by atoms with Gasteiger partial charge in [0.2, 0.25) is 0 Å². The first kappa shape index (κ1) is 13.5. The molecule has 0 radical (unpaired) electrons. The molecule has 7 heteroatoms. The number of amides is 1. The molecule has 0 aliphatic heterocycles. The summed E-state index contributed by atoms with van der Waals surface area (Å²) in [5.41, 5.74) is 10.6. The maximum Gasteiger partial charge on any atom is 0.334 e. The summed E-state index contributed by atoms with van der Waals surface area (Å²) in [4.78, 5) is 26.4. The van der Waals surface area contributed by atoms with Gasteiger partial charge in [0, 0.05) is 18.0 Å². The summed E-state index contributed by atoms with van der Waals surface area (Å²) in [5, 5.41) is 0. The quantitative estimate of drug-likeness (QED) is 0.375. The normalized spacial score (nSPS) is 10.6. The number of carbonyl (C=O) groups is 2. The van der Waals surface area contributed by atoms with Crippen molar-refractivity contribution in [3.63, 3.8) is 0 Å². The van der Waals surface area contributed by atoms with E-state index in [1.54, 1.807) is 19.1 Å². The van der Waals surface area contributed by atoms with Gasteiger partial charge in [-0.15, -0.1) is 0 Å². The van der Waals surface area contributed by atoms with Gasteiger partial charge in [-0.05, 0) is 19.1 Å². The van der Waals surface area contributed by atoms with Crippen molar-refractivity contribution in [1.29, 1.82) is 0 Å². The lowest BCUT2D eigenvalue weighted by atomic mass is 10.3. The van der Waals surface area contributed by atoms with Gasteiger partial charge < -0.3 is 10.5 Å². The van der Waals surface area contributed by atoms with Crippen LogP contribution in [0.3, 0.4) is 0 Å². The summed E-state index contributed by atoms with van der Waals surface area (Å²) < 4.78 is 4.65. The van der Waals surface area contributed by atoms with Crippen LogP contribution < -0.4 is 16.6 Å². The van der Waals surface area contributed by atoms with E-state index < -0.39 is 11.9 Å². The zero-order valence-corrected chi connectivity index (χ0v) is 9.84. The third-order valence-electron chi connectivity index (χ3n) is 1.82. The summed E-state index contributed by atoms with van der Waals surface area (Å²) in [7, 11) is 0. The highest BCUT2D eigenvalue weighted by Crippen LogP contribution is 1.94. The molecule has 0 atom stereocenters. The van der Waals surface area contributed by atoms with E-state index in [-0.39, 0.29) is 12.4 Å². The fourth-order valence-corrected chi connectivity index (χ4v) is 1.05. The van der Waals surface area contributed by atoms with Gasteiger partial charge >= 0.3 is 5.97 Å². The average molecular weight is 250 g/mol. The summed E-state index contributed by atoms with van der Waals surface area (Å²) in [6.45, 7) is 1.94. The Morgan fingerprint density at radius 1 is 1.39 bits per heavy atom. The topological polar surface area (TPSA) is 106 Å². The minimum absolute atomic E-state index is 0.0177. The molecule has 0 aliphatic rings. The van der Waals surface area contributed by atoms with Gasteiger partial charge in [0.05, 0.1) is 12.7 Å². The van der Waals surface area contributed by atoms with Crippen LogP contribution in [0.15, 0.2) is 36.4 Å². The van der Waals surface area contributed by atoms with Crippen LogP contribution in [0.1, 0.15) is 17.3 Å². The predicted octanol–water partition coefficient (Wildman–Crippen LogP) is -0.321. The summed E-state index contributed by atoms with van der Waals surface area (Å²) in [6.07, 6.45) is 4.02. The van der Waals surface area contributed by atoms with Crippen molar-refractivity contribution < 1.29 is 14.3 Å². The van der Waals surface area contributed by atoms with Crippen molar-refractivity contribution in [2.24, 2.45) is 5.73 Å². The smallest absolute Gasteiger partial charge is 0.334 e. The van der Waals surface area contributed by atoms with Crippen LogP contribution in [0.4, 0.5) is 0 Å². The first-order valence-electron chi connectivity index (χ1n) is 5.23. The van der Waals surface area contributed by atoms with Gasteiger partial charge in [-0.1, -0.05) is 0 Å². The highest BCUT2D eigenvalue weighted by atomic mass is 16.5. The van der Waals surface area contributed by atoms with E-state index in [1.165, 1.54) is 12.4 Å². The van der Waals surface area contributed by atoms with Gasteiger partial charge in [-0.25, -0.2) is 4.79 Å². The van der Waals surface area contributed by atoms with Crippen molar-refractivity contribution in [2.75, 3.05) is 6.61 Å². The number of nitrogens with one attached hydrogen (secondary N) is 2. The Hall–Kier alpha value is -2.57. The number of rotatable bonds is 5. The minimum atomic E-state index is -0.583. The molecular weight excluding hydrogens is 236 g/mol. The van der Waals surface area contributed by atoms with Crippen molar-refractivity contribution in [2.45, 2.75) is 6.92 Å². The first-order chi connectivity index (χ1) is 8.63. The van der Waals surface area contributed by atoms with Gasteiger partial charge in [-0.2, -0.15) is 0 Å². The molecule has 1 rings (SSSR count). The number of nitrogens with zero attached hydrogens (tertiary/aromatic N) is 1. The molecule has 96 valence electrons. The SMILES string of the molecule is CCOC(=O)/C=C(/N)NNC(=O)c1ccncc1. The molecule has 0 aromatic carbocycles. The maximum atomic E-state index is 11.6. The molecule has 0 fully saturated rings. The number of hydrogen-bond donors (Lipinski definition) is 3. The van der Waals surface area contributed by atoms with Crippen molar-refractivity contribution >= 4 is 11.9 Å². The van der Waals surface area contributed by atoms with Gasteiger partial charge in [-0.3, -0.25) is 20.6 Å². The van der Waals surface area contributed by atoms with Crippen molar-refractivity contribution in [3.05, 3.63) is 42.0 Å². The number of carbonyl (C=O) groups excluding carboxylic acids is 2. The van der Waals surface area contributed by atoms with Crippen LogP contribution in [-0.4, -0.2) is 23.5 Å². The van der Waals surface area contributed by atoms with E-state index in [0.717, 1.165) is 6.08 Å². The molecule has 1 aromatic rings. The summed E-state index contributed by atoms with van der Waals surface area (Å²) >= 11 is 0. The fraction of sp³-hybridized carbons (Fsp3) is 0.182. The highest BCUT2D eigenvalue weighted by Gasteiger charge is 2.04. The molecule has 0 saturated carbocycles. The second-order valence-electron chi connectivity index (χ2n) is 3.17. The van der Waals surface area contributed by atoms with E-state index in [4.69, 9.17) is 5.73 Å². The van der Waals surface area contributed by atoms with Crippen LogP contribution in [0, 0.1) is 0 Å². The third kappa shape index (κ3) is 4.52. The van der Waals surface area contributed by atoms with Crippen LogP contribution in [0.2, 0.25) is 0 Å². The monoisotopic (exact) mass is 250 g/mol. The lowest BCUT2D eigenvalue weighted by molar-refractivity contribution is -0.137. The van der Waals surface area contributed by atoms with Crippen LogP contribution in [0.5, 0.6) is 0 Å². The van der Waals surface area contributed by atoms with E-state index in [2.05, 4.69) is 20.6 Å². The highest BCUT2D eigenvalue weighted by molar-refractivity contribution is 5.93. The van der Waals surface area contributed by atoms with Crippen molar-refractivity contribution in [3.8, 4) is 0 Å². The Morgan fingerprint density at radius 2 is 2.06 bits per heavy atom. The standard InChI is InChI=1S/C11H14N4O3/c1-2-18-10(16)7-9(12)14-15-11(17)8-3-5-13-6-4-8/h3-7,14H,2,12H2,1H3,(H,15,17)/b9-7-. The molecule has 1 aromatic heterocycles. The molecule has 0 aliphatic carbocycles. The zero-order chi connectivity index (χ0) is 13.4. The Labute approximate surface area is 104 Å². The lowest BCUT2D eigenvalue weighted by Crippen LogP contribution is -2.39. The summed E-state index contributed by atoms with van der Waals surface area (Å²) in [5.74, 6) is -0.992. The summed E-state index contributed by atoms with van der Waals surface area (Å²) in [6, 6.07) is 3.09. The van der Waals surface area contributed by atoms with Crippen LogP contribution >= 0.6 is 0 Å². The molecule has 1 amide bonds. The van der Waals surface area contributed by atoms with Crippen LogP contribution in [-0.2, 0) is 9.53 Å². The first-order valence-corrected chi connectivity index (χ1v) is 5.23. The largest absolute Gasteiger partial charge is 0.463 e. The van der Waals surface area contributed by atoms with E-state index in [1.807, 2.05) is 0 Å². The lowest BCUT2D eigenvalue weighted by Gasteiger charge is -2.08. The number of hydrogen-bond acceptors (Lipinski definition) is 6. The number of ether oxygens (including phenoxy) is 1. The molecule has 0 bridgehead atoms. The Kier molecular flexibility index (Phi) is 5.17. The number of hydrazine groups is 1. The molecule has 0 unspecified atom stereocenters. The number of pyridine rings is 1. The predicted molar refractivity (Wildman–Crippen MR) is 63.7 cm³/mol. The minimum Gasteiger partial charge on any atom is -0.463 e. The molecule has 0 spiro atoms. The molecular formula is C11H14N4O3. The second kappa shape index (κ2) is 6.89. The molecule has 7 nitrogen and oxygen atoms in total. The zero-order valence-electron chi connectivity index (χ0n) is 9.84. The van der Waals surface area contributed by atoms with Crippen LogP contribution in [0.25, 0.3) is 0 Å². The van der Waals surface area contributed by atoms with Gasteiger partial charge in [0.15, 0.2) is 0 Å². The molecule has 4 N–H and O–H groups in total. The Balaban J connectivity index is 2.46. The molecule has 1 heterocycles. The average Bonchev–Trinajstić information content (AvgIpc) is 2.37. The second-order valence-corrected chi connectivity index (χ2v) is 3.17. The number of aromatic nitrogens is 1. The number of esters is 1. The molecule has 0 saturated heterocycles. The maximum absolute atomic E-state index is 11.6. The van der Waals surface area contributed by atoms with E-state index >= 15 is 0 Å². The Bertz CT molecular complexity index is 445. The Morgan fingerprint density at radius 3 is 2.67 bits per heavy atom. The fourth-order valence-electron chi connectivity index (χ4n) is 1.05.